The van der Waals surface area contributed by atoms with Crippen molar-refractivity contribution in [3.63, 3.8) is 0 Å². The average molecular weight is 281 g/mol. The molecular weight excluding hydrogens is 260 g/mol. The number of nitrogens with two attached hydrogens (primary N) is 1. The molecule has 0 bridgehead atoms. The first-order valence-electron chi connectivity index (χ1n) is 7.21. The molecule has 1 saturated carbocycles. The number of hydrogen-bond donors (Lipinski definition) is 1. The molecule has 4 heteroatoms. The number of rotatable bonds is 5. The lowest BCUT2D eigenvalue weighted by molar-refractivity contribution is -0.121. The summed E-state index contributed by atoms with van der Waals surface area (Å²) in [5, 5.41) is 0. The van der Waals surface area contributed by atoms with Crippen LogP contribution in [0.2, 0.25) is 0 Å². The lowest BCUT2D eigenvalue weighted by Crippen LogP contribution is -2.35. The summed E-state index contributed by atoms with van der Waals surface area (Å²) in [5.74, 6) is -1.87. The minimum Gasteiger partial charge on any atom is -0.330 e. The van der Waals surface area contributed by atoms with E-state index in [9.17, 15) is 13.6 Å². The van der Waals surface area contributed by atoms with Crippen molar-refractivity contribution in [1.29, 1.82) is 0 Å². The van der Waals surface area contributed by atoms with Crippen LogP contribution in [-0.4, -0.2) is 12.3 Å². The molecule has 0 radical (unpaired) electrons. The van der Waals surface area contributed by atoms with Crippen LogP contribution in [0.15, 0.2) is 18.2 Å². The van der Waals surface area contributed by atoms with Gasteiger partial charge in [-0.1, -0.05) is 31.4 Å². The Morgan fingerprint density at radius 3 is 2.55 bits per heavy atom. The van der Waals surface area contributed by atoms with E-state index in [2.05, 4.69) is 0 Å². The number of benzene rings is 1. The van der Waals surface area contributed by atoms with E-state index in [0.717, 1.165) is 31.7 Å². The van der Waals surface area contributed by atoms with Gasteiger partial charge in [-0.3, -0.25) is 4.79 Å². The van der Waals surface area contributed by atoms with Gasteiger partial charge in [0.15, 0.2) is 11.6 Å². The second-order valence-corrected chi connectivity index (χ2v) is 5.87. The van der Waals surface area contributed by atoms with E-state index < -0.39 is 11.6 Å². The highest BCUT2D eigenvalue weighted by molar-refractivity contribution is 5.81. The fourth-order valence-electron chi connectivity index (χ4n) is 3.13. The van der Waals surface area contributed by atoms with Gasteiger partial charge in [0.05, 0.1) is 0 Å². The predicted octanol–water partition coefficient (Wildman–Crippen LogP) is 3.38. The fourth-order valence-corrected chi connectivity index (χ4v) is 3.13. The second-order valence-electron chi connectivity index (χ2n) is 5.87. The van der Waals surface area contributed by atoms with Gasteiger partial charge in [0.1, 0.15) is 5.78 Å². The molecule has 1 aliphatic carbocycles. The van der Waals surface area contributed by atoms with E-state index in [4.69, 9.17) is 5.73 Å². The molecule has 0 atom stereocenters. The topological polar surface area (TPSA) is 43.1 Å². The number of ketones is 1. The van der Waals surface area contributed by atoms with Crippen molar-refractivity contribution in [3.05, 3.63) is 35.4 Å². The Morgan fingerprint density at radius 1 is 1.20 bits per heavy atom. The SMILES string of the molecule is NCC1(CC(=O)Cc2cccc(F)c2F)CCCCC1. The summed E-state index contributed by atoms with van der Waals surface area (Å²) in [6.45, 7) is 0.490. The largest absolute Gasteiger partial charge is 0.330 e. The molecule has 0 heterocycles. The molecule has 0 amide bonds. The molecule has 1 aromatic carbocycles. The summed E-state index contributed by atoms with van der Waals surface area (Å²) in [6.07, 6.45) is 5.62. The summed E-state index contributed by atoms with van der Waals surface area (Å²) >= 11 is 0. The van der Waals surface area contributed by atoms with Crippen LogP contribution in [0.25, 0.3) is 0 Å². The van der Waals surface area contributed by atoms with Crippen molar-refractivity contribution < 1.29 is 13.6 Å². The number of Topliss-reactive ketones (excluding diaryl/α,β-unsaturated/α-hetero) is 1. The molecule has 1 fully saturated rings. The zero-order chi connectivity index (χ0) is 14.6. The summed E-state index contributed by atoms with van der Waals surface area (Å²) in [4.78, 5) is 12.2. The maximum atomic E-state index is 13.6. The molecule has 0 spiro atoms. The molecule has 110 valence electrons. The lowest BCUT2D eigenvalue weighted by atomic mass is 9.70. The van der Waals surface area contributed by atoms with E-state index in [-0.39, 0.29) is 23.2 Å². The van der Waals surface area contributed by atoms with Crippen LogP contribution in [0.5, 0.6) is 0 Å². The third-order valence-corrected chi connectivity index (χ3v) is 4.34. The van der Waals surface area contributed by atoms with Gasteiger partial charge >= 0.3 is 0 Å². The van der Waals surface area contributed by atoms with E-state index in [1.54, 1.807) is 0 Å². The molecule has 1 aromatic rings. The maximum Gasteiger partial charge on any atom is 0.162 e. The van der Waals surface area contributed by atoms with Gasteiger partial charge in [-0.15, -0.1) is 0 Å². The highest BCUT2D eigenvalue weighted by Gasteiger charge is 2.32. The molecule has 2 N–H and O–H groups in total. The van der Waals surface area contributed by atoms with E-state index in [0.29, 0.717) is 13.0 Å². The zero-order valence-electron chi connectivity index (χ0n) is 11.6. The van der Waals surface area contributed by atoms with Crippen molar-refractivity contribution in [2.45, 2.75) is 44.9 Å². The van der Waals surface area contributed by atoms with Gasteiger partial charge < -0.3 is 5.73 Å². The van der Waals surface area contributed by atoms with Crippen LogP contribution < -0.4 is 5.73 Å². The van der Waals surface area contributed by atoms with Gasteiger partial charge in [-0.25, -0.2) is 8.78 Å². The Balaban J connectivity index is 2.03. The molecule has 1 aliphatic rings. The molecule has 0 aromatic heterocycles. The first-order valence-corrected chi connectivity index (χ1v) is 7.21. The lowest BCUT2D eigenvalue weighted by Gasteiger charge is -2.35. The Kier molecular flexibility index (Phi) is 4.86. The molecule has 2 rings (SSSR count). The first kappa shape index (κ1) is 15.1. The van der Waals surface area contributed by atoms with Gasteiger partial charge in [0, 0.05) is 12.8 Å². The standard InChI is InChI=1S/C16H21F2NO/c17-14-6-4-5-12(15(14)18)9-13(20)10-16(11-19)7-2-1-3-8-16/h4-6H,1-3,7-11,19H2. The van der Waals surface area contributed by atoms with E-state index >= 15 is 0 Å². The van der Waals surface area contributed by atoms with Crippen LogP contribution in [0.4, 0.5) is 8.78 Å². The molecule has 20 heavy (non-hydrogen) atoms. The van der Waals surface area contributed by atoms with Crippen LogP contribution in [0.1, 0.15) is 44.1 Å². The number of carbonyl (C=O) groups excluding carboxylic acids is 1. The normalized spacial score (nSPS) is 17.9. The second kappa shape index (κ2) is 6.44. The number of carbonyl (C=O) groups is 1. The molecule has 2 nitrogen and oxygen atoms in total. The highest BCUT2D eigenvalue weighted by Crippen LogP contribution is 2.38. The van der Waals surface area contributed by atoms with Crippen LogP contribution in [-0.2, 0) is 11.2 Å². The van der Waals surface area contributed by atoms with Crippen molar-refractivity contribution >= 4 is 5.78 Å². The zero-order valence-corrected chi connectivity index (χ0v) is 11.6. The Labute approximate surface area is 118 Å². The number of hydrogen-bond acceptors (Lipinski definition) is 2. The summed E-state index contributed by atoms with van der Waals surface area (Å²) in [6, 6.07) is 3.96. The Bertz CT molecular complexity index is 481. The molecule has 0 unspecified atom stereocenters. The van der Waals surface area contributed by atoms with Gasteiger partial charge in [0.25, 0.3) is 0 Å². The molecule has 0 aliphatic heterocycles. The van der Waals surface area contributed by atoms with Gasteiger partial charge in [-0.05, 0) is 36.4 Å². The van der Waals surface area contributed by atoms with Crippen molar-refractivity contribution in [2.75, 3.05) is 6.54 Å². The molecule has 0 saturated heterocycles. The summed E-state index contributed by atoms with van der Waals surface area (Å²) in [5.41, 5.74) is 5.86. The minimum atomic E-state index is -0.911. The Hall–Kier alpha value is -1.29. The molecular formula is C16H21F2NO. The quantitative estimate of drug-likeness (QED) is 0.899. The third-order valence-electron chi connectivity index (χ3n) is 4.34. The van der Waals surface area contributed by atoms with Crippen molar-refractivity contribution in [1.82, 2.24) is 0 Å². The van der Waals surface area contributed by atoms with Crippen LogP contribution >= 0.6 is 0 Å². The van der Waals surface area contributed by atoms with Crippen molar-refractivity contribution in [3.8, 4) is 0 Å². The van der Waals surface area contributed by atoms with Gasteiger partial charge in [0.2, 0.25) is 0 Å². The average Bonchev–Trinajstić information content (AvgIpc) is 2.45. The van der Waals surface area contributed by atoms with Crippen LogP contribution in [0, 0.1) is 17.0 Å². The fraction of sp³-hybridized carbons (Fsp3) is 0.562. The highest BCUT2D eigenvalue weighted by atomic mass is 19.2. The predicted molar refractivity (Wildman–Crippen MR) is 74.3 cm³/mol. The van der Waals surface area contributed by atoms with Crippen molar-refractivity contribution in [2.24, 2.45) is 11.1 Å². The smallest absolute Gasteiger partial charge is 0.162 e. The number of halogens is 2. The maximum absolute atomic E-state index is 13.6. The van der Waals surface area contributed by atoms with E-state index in [1.807, 2.05) is 0 Å². The summed E-state index contributed by atoms with van der Waals surface area (Å²) in [7, 11) is 0. The van der Waals surface area contributed by atoms with Gasteiger partial charge in [-0.2, -0.15) is 0 Å². The third kappa shape index (κ3) is 3.42. The Morgan fingerprint density at radius 2 is 1.90 bits per heavy atom. The van der Waals surface area contributed by atoms with E-state index in [1.165, 1.54) is 18.6 Å². The first-order chi connectivity index (χ1) is 9.56. The summed E-state index contributed by atoms with van der Waals surface area (Å²) < 4.78 is 26.7. The minimum absolute atomic E-state index is 0.0503. The van der Waals surface area contributed by atoms with Crippen LogP contribution in [0.3, 0.4) is 0 Å². The monoisotopic (exact) mass is 281 g/mol.